The highest BCUT2D eigenvalue weighted by atomic mass is 16.6. The van der Waals surface area contributed by atoms with Gasteiger partial charge in [-0.2, -0.15) is 0 Å². The largest absolute Gasteiger partial charge is 0.370 e. The van der Waals surface area contributed by atoms with E-state index in [1.165, 1.54) is 51.4 Å². The zero-order chi connectivity index (χ0) is 14.2. The van der Waals surface area contributed by atoms with Crippen LogP contribution in [0.3, 0.4) is 0 Å². The van der Waals surface area contributed by atoms with Crippen molar-refractivity contribution in [1.29, 1.82) is 0 Å². The first-order valence-electron chi connectivity index (χ1n) is 9.29. The van der Waals surface area contributed by atoms with Gasteiger partial charge in [0.1, 0.15) is 5.78 Å². The molecule has 0 aromatic carbocycles. The molecule has 1 saturated heterocycles. The van der Waals surface area contributed by atoms with Gasteiger partial charge in [0.25, 0.3) is 0 Å². The van der Waals surface area contributed by atoms with Crippen molar-refractivity contribution in [1.82, 2.24) is 0 Å². The molecule has 4 saturated carbocycles. The standard InChI is InChI=1S/C19H28O2/c1-18-8-6-14-13-7-9-19(11-21-19)10-12(13)2-3-15(14)16(18)4-5-17(18)20/h12-16H,2-11H2,1H3/t12-,13+,14-,15-,16+,18+,19-/m1/s1. The number of rotatable bonds is 0. The summed E-state index contributed by atoms with van der Waals surface area (Å²) < 4.78 is 5.78. The van der Waals surface area contributed by atoms with Gasteiger partial charge in [0.15, 0.2) is 0 Å². The summed E-state index contributed by atoms with van der Waals surface area (Å²) in [6, 6.07) is 0. The summed E-state index contributed by atoms with van der Waals surface area (Å²) in [6.07, 6.45) is 11.5. The summed E-state index contributed by atoms with van der Waals surface area (Å²) >= 11 is 0. The Kier molecular flexibility index (Phi) is 2.58. The molecule has 21 heavy (non-hydrogen) atoms. The average Bonchev–Trinajstić information content (AvgIpc) is 3.16. The van der Waals surface area contributed by atoms with Gasteiger partial charge in [-0.15, -0.1) is 0 Å². The predicted molar refractivity (Wildman–Crippen MR) is 80.8 cm³/mol. The van der Waals surface area contributed by atoms with Crippen molar-refractivity contribution in [3.63, 3.8) is 0 Å². The number of carbonyl (C=O) groups excluding carboxylic acids is 1. The minimum atomic E-state index is 0.0590. The molecule has 4 aliphatic carbocycles. The molecule has 0 amide bonds. The Hall–Kier alpha value is -0.370. The number of hydrogen-bond donors (Lipinski definition) is 0. The van der Waals surface area contributed by atoms with Crippen LogP contribution in [-0.2, 0) is 9.53 Å². The van der Waals surface area contributed by atoms with E-state index in [0.29, 0.717) is 11.4 Å². The number of epoxide rings is 1. The highest BCUT2D eigenvalue weighted by molar-refractivity contribution is 5.87. The highest BCUT2D eigenvalue weighted by Gasteiger charge is 2.59. The van der Waals surface area contributed by atoms with Gasteiger partial charge in [0, 0.05) is 11.8 Å². The fourth-order valence-corrected chi connectivity index (χ4v) is 7.08. The molecule has 2 nitrogen and oxygen atoms in total. The molecular weight excluding hydrogens is 260 g/mol. The normalized spacial score (nSPS) is 58.5. The molecule has 0 bridgehead atoms. The molecule has 0 radical (unpaired) electrons. The van der Waals surface area contributed by atoms with Gasteiger partial charge in [-0.05, 0) is 81.0 Å². The van der Waals surface area contributed by atoms with Crippen LogP contribution in [0, 0.1) is 35.0 Å². The van der Waals surface area contributed by atoms with Crippen LogP contribution in [-0.4, -0.2) is 18.0 Å². The Balaban J connectivity index is 1.40. The first-order chi connectivity index (χ1) is 10.1. The number of fused-ring (bicyclic) bond motifs is 5. The molecule has 5 rings (SSSR count). The Morgan fingerprint density at radius 1 is 1.00 bits per heavy atom. The first-order valence-corrected chi connectivity index (χ1v) is 9.29. The van der Waals surface area contributed by atoms with E-state index in [9.17, 15) is 4.79 Å². The minimum Gasteiger partial charge on any atom is -0.370 e. The van der Waals surface area contributed by atoms with Gasteiger partial charge in [0.2, 0.25) is 0 Å². The van der Waals surface area contributed by atoms with Crippen LogP contribution in [0.1, 0.15) is 64.7 Å². The minimum absolute atomic E-state index is 0.0590. The van der Waals surface area contributed by atoms with Crippen LogP contribution in [0.15, 0.2) is 0 Å². The van der Waals surface area contributed by atoms with E-state index in [0.717, 1.165) is 42.6 Å². The van der Waals surface area contributed by atoms with Crippen molar-refractivity contribution in [3.8, 4) is 0 Å². The summed E-state index contributed by atoms with van der Waals surface area (Å²) in [6.45, 7) is 3.34. The van der Waals surface area contributed by atoms with E-state index in [-0.39, 0.29) is 5.41 Å². The van der Waals surface area contributed by atoms with Crippen LogP contribution < -0.4 is 0 Å². The Labute approximate surface area is 128 Å². The molecule has 2 heteroatoms. The molecule has 7 atom stereocenters. The van der Waals surface area contributed by atoms with Crippen molar-refractivity contribution in [3.05, 3.63) is 0 Å². The number of carbonyl (C=O) groups is 1. The van der Waals surface area contributed by atoms with Crippen molar-refractivity contribution in [2.45, 2.75) is 70.3 Å². The quantitative estimate of drug-likeness (QED) is 0.631. The molecule has 116 valence electrons. The Bertz CT molecular complexity index is 480. The molecular formula is C19H28O2. The van der Waals surface area contributed by atoms with Crippen molar-refractivity contribution >= 4 is 5.78 Å². The van der Waals surface area contributed by atoms with Crippen LogP contribution in [0.25, 0.3) is 0 Å². The lowest BCUT2D eigenvalue weighted by atomic mass is 9.50. The molecule has 0 N–H and O–H groups in total. The van der Waals surface area contributed by atoms with Crippen molar-refractivity contribution < 1.29 is 9.53 Å². The first kappa shape index (κ1) is 13.1. The summed E-state index contributed by atoms with van der Waals surface area (Å²) in [4.78, 5) is 12.4. The predicted octanol–water partition coefficient (Wildman–Crippen LogP) is 3.98. The third kappa shape index (κ3) is 1.72. The lowest BCUT2D eigenvalue weighted by molar-refractivity contribution is -0.133. The van der Waals surface area contributed by atoms with E-state index in [1.807, 2.05) is 0 Å². The second-order valence-corrected chi connectivity index (χ2v) is 9.07. The van der Waals surface area contributed by atoms with E-state index in [1.54, 1.807) is 0 Å². The molecule has 0 aromatic heterocycles. The van der Waals surface area contributed by atoms with Crippen LogP contribution in [0.2, 0.25) is 0 Å². The lowest BCUT2D eigenvalue weighted by Crippen LogP contribution is -2.49. The molecule has 5 fully saturated rings. The van der Waals surface area contributed by atoms with Crippen molar-refractivity contribution in [2.75, 3.05) is 6.61 Å². The van der Waals surface area contributed by atoms with E-state index in [2.05, 4.69) is 6.92 Å². The Morgan fingerprint density at radius 2 is 1.81 bits per heavy atom. The van der Waals surface area contributed by atoms with Crippen LogP contribution >= 0.6 is 0 Å². The summed E-state index contributed by atoms with van der Waals surface area (Å²) in [7, 11) is 0. The number of hydrogen-bond acceptors (Lipinski definition) is 2. The average molecular weight is 288 g/mol. The van der Waals surface area contributed by atoms with Crippen LogP contribution in [0.5, 0.6) is 0 Å². The van der Waals surface area contributed by atoms with E-state index >= 15 is 0 Å². The van der Waals surface area contributed by atoms with Gasteiger partial charge in [0.05, 0.1) is 12.2 Å². The number of ketones is 1. The van der Waals surface area contributed by atoms with Crippen LogP contribution in [0.4, 0.5) is 0 Å². The maximum atomic E-state index is 12.4. The smallest absolute Gasteiger partial charge is 0.139 e. The molecule has 0 unspecified atom stereocenters. The maximum Gasteiger partial charge on any atom is 0.139 e. The maximum absolute atomic E-state index is 12.4. The molecule has 0 aromatic rings. The van der Waals surface area contributed by atoms with Gasteiger partial charge in [-0.25, -0.2) is 0 Å². The van der Waals surface area contributed by atoms with Gasteiger partial charge < -0.3 is 4.74 Å². The SMILES string of the molecule is C[C@]12CC[C@H]3[C@@H](CC[C@@H]4C[C@]5(CC[C@@H]43)CO5)[C@@H]1CCC2=O. The number of Topliss-reactive ketones (excluding diaryl/α,β-unsaturated/α-hetero) is 1. The van der Waals surface area contributed by atoms with Crippen molar-refractivity contribution in [2.24, 2.45) is 35.0 Å². The third-order valence-electron chi connectivity index (χ3n) is 8.35. The summed E-state index contributed by atoms with van der Waals surface area (Å²) in [5.41, 5.74) is 0.393. The highest BCUT2D eigenvalue weighted by Crippen LogP contribution is 2.63. The van der Waals surface area contributed by atoms with E-state index < -0.39 is 0 Å². The van der Waals surface area contributed by atoms with Gasteiger partial charge in [-0.3, -0.25) is 4.79 Å². The van der Waals surface area contributed by atoms with Gasteiger partial charge >= 0.3 is 0 Å². The number of ether oxygens (including phenoxy) is 1. The monoisotopic (exact) mass is 288 g/mol. The molecule has 1 aliphatic heterocycles. The topological polar surface area (TPSA) is 29.6 Å². The molecule has 1 spiro atoms. The fourth-order valence-electron chi connectivity index (χ4n) is 7.08. The zero-order valence-corrected chi connectivity index (χ0v) is 13.3. The second-order valence-electron chi connectivity index (χ2n) is 9.07. The Morgan fingerprint density at radius 3 is 2.62 bits per heavy atom. The lowest BCUT2D eigenvalue weighted by Gasteiger charge is -2.54. The zero-order valence-electron chi connectivity index (χ0n) is 13.3. The summed E-state index contributed by atoms with van der Waals surface area (Å²) in [5.74, 6) is 5.00. The fraction of sp³-hybridized carbons (Fsp3) is 0.947. The molecule has 5 aliphatic rings. The molecule has 1 heterocycles. The van der Waals surface area contributed by atoms with Gasteiger partial charge in [-0.1, -0.05) is 6.92 Å². The summed E-state index contributed by atoms with van der Waals surface area (Å²) in [5, 5.41) is 0. The second kappa shape index (κ2) is 4.13. The van der Waals surface area contributed by atoms with E-state index in [4.69, 9.17) is 4.74 Å². The third-order valence-corrected chi connectivity index (χ3v) is 8.35.